The predicted octanol–water partition coefficient (Wildman–Crippen LogP) is 1.78. The summed E-state index contributed by atoms with van der Waals surface area (Å²) in [6, 6.07) is 10.2. The molecule has 1 aliphatic rings. The van der Waals surface area contributed by atoms with Gasteiger partial charge in [-0.05, 0) is 19.5 Å². The number of likely N-dealkylation sites (N-methyl/N-ethyl adjacent to an activating group) is 1. The minimum absolute atomic E-state index is 0. The van der Waals surface area contributed by atoms with E-state index < -0.39 is 0 Å². The summed E-state index contributed by atoms with van der Waals surface area (Å²) in [6.45, 7) is 6.25. The molecular weight excluding hydrogens is 309 g/mol. The number of hydrogen-bond acceptors (Lipinski definition) is 3. The Bertz CT molecular complexity index is 411. The maximum Gasteiger partial charge on any atom is 0.239 e. The van der Waals surface area contributed by atoms with Gasteiger partial charge in [-0.1, -0.05) is 30.3 Å². The van der Waals surface area contributed by atoms with Gasteiger partial charge in [0.25, 0.3) is 0 Å². The van der Waals surface area contributed by atoms with Crippen LogP contribution in [0.25, 0.3) is 0 Å². The van der Waals surface area contributed by atoms with E-state index in [0.29, 0.717) is 0 Å². The summed E-state index contributed by atoms with van der Waals surface area (Å²) in [5.41, 5.74) is 1.24. The summed E-state index contributed by atoms with van der Waals surface area (Å²) in [5, 5.41) is 3.27. The zero-order chi connectivity index (χ0) is 13.7. The van der Waals surface area contributed by atoms with E-state index in [0.717, 1.165) is 32.7 Å². The molecular formula is C15H25Cl2N3O. The van der Waals surface area contributed by atoms with Crippen LogP contribution in [0.15, 0.2) is 30.3 Å². The van der Waals surface area contributed by atoms with Crippen LogP contribution in [0.5, 0.6) is 0 Å². The molecule has 21 heavy (non-hydrogen) atoms. The second kappa shape index (κ2) is 10.0. The number of carbonyl (C=O) groups excluding carboxylic acids is 1. The highest BCUT2D eigenvalue weighted by Crippen LogP contribution is 2.08. The third-order valence-corrected chi connectivity index (χ3v) is 3.72. The maximum absolute atomic E-state index is 12.4. The first kappa shape index (κ1) is 20.2. The first-order chi connectivity index (χ1) is 9.18. The van der Waals surface area contributed by atoms with Gasteiger partial charge in [0.15, 0.2) is 0 Å². The summed E-state index contributed by atoms with van der Waals surface area (Å²) in [6.07, 6.45) is 0. The van der Waals surface area contributed by atoms with Crippen LogP contribution < -0.4 is 5.32 Å². The van der Waals surface area contributed by atoms with Crippen molar-refractivity contribution in [2.24, 2.45) is 0 Å². The molecule has 2 rings (SSSR count). The molecule has 1 N–H and O–H groups in total. The van der Waals surface area contributed by atoms with Gasteiger partial charge in [-0.25, -0.2) is 0 Å². The van der Waals surface area contributed by atoms with Gasteiger partial charge in [-0.2, -0.15) is 0 Å². The Balaban J connectivity index is 0.00000200. The van der Waals surface area contributed by atoms with Crippen LogP contribution in [0.1, 0.15) is 12.5 Å². The van der Waals surface area contributed by atoms with E-state index in [9.17, 15) is 4.79 Å². The number of rotatable bonds is 4. The number of halogens is 2. The third-order valence-electron chi connectivity index (χ3n) is 3.72. The molecule has 0 aliphatic carbocycles. The molecule has 0 bridgehead atoms. The fourth-order valence-electron chi connectivity index (χ4n) is 2.35. The molecule has 1 atom stereocenters. The van der Waals surface area contributed by atoms with E-state index in [4.69, 9.17) is 0 Å². The molecule has 1 heterocycles. The Morgan fingerprint density at radius 1 is 1.24 bits per heavy atom. The van der Waals surface area contributed by atoms with Crippen LogP contribution in [0.2, 0.25) is 0 Å². The first-order valence-corrected chi connectivity index (χ1v) is 6.92. The largest absolute Gasteiger partial charge is 0.339 e. The van der Waals surface area contributed by atoms with E-state index in [1.165, 1.54) is 5.56 Å². The average Bonchev–Trinajstić information content (AvgIpc) is 2.47. The molecule has 1 aliphatic heterocycles. The SMILES string of the molecule is CC(C(=O)N1CCNCC1)N(C)Cc1ccccc1.Cl.Cl. The standard InChI is InChI=1S/C15H23N3O.2ClH/c1-13(15(19)18-10-8-16-9-11-18)17(2)12-14-6-4-3-5-7-14;;/h3-7,13,16H,8-12H2,1-2H3;2*1H. The molecule has 120 valence electrons. The quantitative estimate of drug-likeness (QED) is 0.912. The number of amides is 1. The van der Waals surface area contributed by atoms with E-state index in [2.05, 4.69) is 22.3 Å². The van der Waals surface area contributed by atoms with E-state index in [1.54, 1.807) is 0 Å². The Labute approximate surface area is 139 Å². The molecule has 0 aromatic heterocycles. The molecule has 1 unspecified atom stereocenters. The van der Waals surface area contributed by atoms with Gasteiger partial charge >= 0.3 is 0 Å². The summed E-state index contributed by atoms with van der Waals surface area (Å²) in [5.74, 6) is 0.236. The van der Waals surface area contributed by atoms with Crippen molar-refractivity contribution in [1.82, 2.24) is 15.1 Å². The Morgan fingerprint density at radius 2 is 1.81 bits per heavy atom. The van der Waals surface area contributed by atoms with Crippen molar-refractivity contribution in [3.63, 3.8) is 0 Å². The van der Waals surface area contributed by atoms with Gasteiger partial charge in [0.1, 0.15) is 0 Å². The minimum atomic E-state index is -0.0710. The van der Waals surface area contributed by atoms with Crippen LogP contribution >= 0.6 is 24.8 Å². The van der Waals surface area contributed by atoms with Crippen molar-refractivity contribution < 1.29 is 4.79 Å². The smallest absolute Gasteiger partial charge is 0.239 e. The highest BCUT2D eigenvalue weighted by Gasteiger charge is 2.24. The molecule has 6 heteroatoms. The molecule has 1 saturated heterocycles. The Hall–Kier alpha value is -0.810. The Morgan fingerprint density at radius 3 is 2.38 bits per heavy atom. The maximum atomic E-state index is 12.4. The number of piperazine rings is 1. The fraction of sp³-hybridized carbons (Fsp3) is 0.533. The van der Waals surface area contributed by atoms with Gasteiger partial charge in [0, 0.05) is 32.7 Å². The van der Waals surface area contributed by atoms with E-state index in [1.807, 2.05) is 37.1 Å². The Kier molecular flexibility index (Phi) is 9.62. The fourth-order valence-corrected chi connectivity index (χ4v) is 2.35. The highest BCUT2D eigenvalue weighted by atomic mass is 35.5. The highest BCUT2D eigenvalue weighted by molar-refractivity contribution is 5.85. The third kappa shape index (κ3) is 5.83. The lowest BCUT2D eigenvalue weighted by atomic mass is 10.1. The summed E-state index contributed by atoms with van der Waals surface area (Å²) in [7, 11) is 2.01. The number of hydrogen-bond donors (Lipinski definition) is 1. The van der Waals surface area contributed by atoms with Crippen LogP contribution in [-0.2, 0) is 11.3 Å². The number of nitrogens with one attached hydrogen (secondary N) is 1. The molecule has 1 amide bonds. The van der Waals surface area contributed by atoms with Crippen molar-refractivity contribution in [1.29, 1.82) is 0 Å². The second-order valence-electron chi connectivity index (χ2n) is 5.15. The zero-order valence-corrected chi connectivity index (χ0v) is 14.3. The number of carbonyl (C=O) groups is 1. The average molecular weight is 334 g/mol. The molecule has 0 saturated carbocycles. The monoisotopic (exact) mass is 333 g/mol. The van der Waals surface area contributed by atoms with Gasteiger partial charge in [-0.3, -0.25) is 9.69 Å². The lowest BCUT2D eigenvalue weighted by Crippen LogP contribution is -2.52. The van der Waals surface area contributed by atoms with Crippen molar-refractivity contribution in [3.05, 3.63) is 35.9 Å². The summed E-state index contributed by atoms with van der Waals surface area (Å²) >= 11 is 0. The van der Waals surface area contributed by atoms with E-state index >= 15 is 0 Å². The lowest BCUT2D eigenvalue weighted by molar-refractivity contribution is -0.136. The normalized spacial score (nSPS) is 15.9. The van der Waals surface area contributed by atoms with Crippen molar-refractivity contribution >= 4 is 30.7 Å². The van der Waals surface area contributed by atoms with Crippen LogP contribution in [-0.4, -0.2) is 55.0 Å². The molecule has 0 spiro atoms. The molecule has 1 aromatic rings. The molecule has 1 aromatic carbocycles. The second-order valence-corrected chi connectivity index (χ2v) is 5.15. The number of benzene rings is 1. The predicted molar refractivity (Wildman–Crippen MR) is 91.3 cm³/mol. The molecule has 1 fully saturated rings. The summed E-state index contributed by atoms with van der Waals surface area (Å²) < 4.78 is 0. The zero-order valence-electron chi connectivity index (χ0n) is 12.6. The number of nitrogens with zero attached hydrogens (tertiary/aromatic N) is 2. The van der Waals surface area contributed by atoms with Crippen LogP contribution in [0.3, 0.4) is 0 Å². The minimum Gasteiger partial charge on any atom is -0.339 e. The van der Waals surface area contributed by atoms with Gasteiger partial charge in [-0.15, -0.1) is 24.8 Å². The van der Waals surface area contributed by atoms with Crippen LogP contribution in [0.4, 0.5) is 0 Å². The van der Waals surface area contributed by atoms with Crippen molar-refractivity contribution in [3.8, 4) is 0 Å². The first-order valence-electron chi connectivity index (χ1n) is 6.92. The van der Waals surface area contributed by atoms with Gasteiger partial charge in [0.05, 0.1) is 6.04 Å². The van der Waals surface area contributed by atoms with Crippen molar-refractivity contribution in [2.45, 2.75) is 19.5 Å². The lowest BCUT2D eigenvalue weighted by Gasteiger charge is -2.33. The van der Waals surface area contributed by atoms with Crippen LogP contribution in [0, 0.1) is 0 Å². The summed E-state index contributed by atoms with van der Waals surface area (Å²) in [4.78, 5) is 16.5. The van der Waals surface area contributed by atoms with E-state index in [-0.39, 0.29) is 36.8 Å². The topological polar surface area (TPSA) is 35.6 Å². The molecule has 0 radical (unpaired) electrons. The van der Waals surface area contributed by atoms with Gasteiger partial charge in [0.2, 0.25) is 5.91 Å². The van der Waals surface area contributed by atoms with Gasteiger partial charge < -0.3 is 10.2 Å². The molecule has 4 nitrogen and oxygen atoms in total. The van der Waals surface area contributed by atoms with Crippen molar-refractivity contribution in [2.75, 3.05) is 33.2 Å².